The van der Waals surface area contributed by atoms with Gasteiger partial charge < -0.3 is 22.8 Å². The van der Waals surface area contributed by atoms with E-state index in [0.717, 1.165) is 13.1 Å². The number of aliphatic hydroxyl groups is 1. The molecule has 0 amide bonds. The van der Waals surface area contributed by atoms with Gasteiger partial charge in [0, 0.05) is 13.0 Å². The van der Waals surface area contributed by atoms with Crippen molar-refractivity contribution in [2.75, 3.05) is 26.2 Å². The minimum atomic E-state index is 0. The number of halogens is 1. The molecule has 4 heteroatoms. The number of hydrogen-bond acceptors (Lipinski definition) is 2. The van der Waals surface area contributed by atoms with Gasteiger partial charge in [0.25, 0.3) is 0 Å². The van der Waals surface area contributed by atoms with Crippen molar-refractivity contribution >= 4 is 0 Å². The molecule has 3 nitrogen and oxygen atoms in total. The highest BCUT2D eigenvalue weighted by molar-refractivity contribution is 4.81. The summed E-state index contributed by atoms with van der Waals surface area (Å²) in [5.41, 5.74) is 0. The van der Waals surface area contributed by atoms with E-state index in [1.807, 2.05) is 0 Å². The smallest absolute Gasteiger partial charge is 0.142 e. The van der Waals surface area contributed by atoms with Crippen molar-refractivity contribution in [3.05, 3.63) is 12.2 Å². The van der Waals surface area contributed by atoms with Gasteiger partial charge in [-0.2, -0.15) is 0 Å². The Morgan fingerprint density at radius 1 is 0.885 bits per heavy atom. The van der Waals surface area contributed by atoms with Crippen molar-refractivity contribution in [3.63, 3.8) is 0 Å². The van der Waals surface area contributed by atoms with E-state index in [0.29, 0.717) is 12.8 Å². The molecule has 0 aromatic heterocycles. The Morgan fingerprint density at radius 2 is 1.46 bits per heavy atom. The molecular weight excluding hydrogens is 344 g/mol. The second kappa shape index (κ2) is 19.7. The van der Waals surface area contributed by atoms with Gasteiger partial charge in [-0.05, 0) is 32.1 Å². The van der Waals surface area contributed by atoms with Gasteiger partial charge in [0.2, 0.25) is 0 Å². The van der Waals surface area contributed by atoms with Crippen LogP contribution in [0.2, 0.25) is 0 Å². The second-order valence-electron chi connectivity index (χ2n) is 7.72. The molecule has 0 aromatic carbocycles. The van der Waals surface area contributed by atoms with Crippen LogP contribution in [-0.2, 0) is 0 Å². The van der Waals surface area contributed by atoms with Crippen LogP contribution in [0, 0.1) is 0 Å². The molecule has 1 saturated heterocycles. The monoisotopic (exact) mass is 388 g/mol. The van der Waals surface area contributed by atoms with E-state index in [4.69, 9.17) is 5.11 Å². The summed E-state index contributed by atoms with van der Waals surface area (Å²) in [5.74, 6) is 0. The third kappa shape index (κ3) is 14.0. The minimum Gasteiger partial charge on any atom is -1.00 e. The van der Waals surface area contributed by atoms with Crippen molar-refractivity contribution in [2.45, 2.75) is 103 Å². The second-order valence-corrected chi connectivity index (χ2v) is 7.72. The van der Waals surface area contributed by atoms with Crippen LogP contribution >= 0.6 is 0 Å². The van der Waals surface area contributed by atoms with Gasteiger partial charge in [0.05, 0.1) is 19.7 Å². The maximum atomic E-state index is 9.09. The number of nitrogens with two attached hydrogens (primary N) is 1. The maximum Gasteiger partial charge on any atom is 0.142 e. The quantitative estimate of drug-likeness (QED) is 0.290. The van der Waals surface area contributed by atoms with Crippen molar-refractivity contribution in [1.82, 2.24) is 4.90 Å². The zero-order valence-corrected chi connectivity index (χ0v) is 18.1. The fourth-order valence-corrected chi connectivity index (χ4v) is 3.88. The third-order valence-electron chi connectivity index (χ3n) is 5.47. The number of nitrogens with zero attached hydrogens (tertiary/aromatic N) is 1. The van der Waals surface area contributed by atoms with E-state index >= 15 is 0 Å². The van der Waals surface area contributed by atoms with Gasteiger partial charge >= 0.3 is 0 Å². The van der Waals surface area contributed by atoms with E-state index in [-0.39, 0.29) is 12.4 Å². The highest BCUT2D eigenvalue weighted by Gasteiger charge is 2.26. The maximum absolute atomic E-state index is 9.09. The average Bonchev–Trinajstić information content (AvgIpc) is 3.06. The Balaban J connectivity index is 0.00000625. The highest BCUT2D eigenvalue weighted by Crippen LogP contribution is 2.11. The first-order valence-corrected chi connectivity index (χ1v) is 11.2. The highest BCUT2D eigenvalue weighted by atomic mass is 35.5. The van der Waals surface area contributed by atoms with Crippen LogP contribution in [0.1, 0.15) is 96.8 Å². The number of β-amino-alcohol motifs (C(OH)–C–C–N with tert-alkyl or cyclic N) is 1. The number of aliphatic hydroxyl groups excluding tert-OH is 1. The van der Waals surface area contributed by atoms with E-state index in [2.05, 4.69) is 29.3 Å². The summed E-state index contributed by atoms with van der Waals surface area (Å²) in [6.45, 7) is 5.79. The zero-order valence-electron chi connectivity index (χ0n) is 17.3. The van der Waals surface area contributed by atoms with E-state index in [9.17, 15) is 0 Å². The van der Waals surface area contributed by atoms with E-state index in [1.54, 1.807) is 0 Å². The topological polar surface area (TPSA) is 40.1 Å². The van der Waals surface area contributed by atoms with Crippen molar-refractivity contribution in [2.24, 2.45) is 0 Å². The summed E-state index contributed by atoms with van der Waals surface area (Å²) < 4.78 is 0. The molecule has 1 rings (SSSR count). The lowest BCUT2D eigenvalue weighted by Gasteiger charge is -2.19. The summed E-state index contributed by atoms with van der Waals surface area (Å²) in [4.78, 5) is 2.44. The number of rotatable bonds is 17. The number of quaternary nitrogens is 1. The summed E-state index contributed by atoms with van der Waals surface area (Å²) in [6, 6.07) is 0. The molecule has 156 valence electrons. The van der Waals surface area contributed by atoms with Crippen LogP contribution in [-0.4, -0.2) is 42.4 Å². The molecular formula is C22H45ClN2O. The molecule has 0 spiro atoms. The normalized spacial score (nSPS) is 17.8. The van der Waals surface area contributed by atoms with Gasteiger partial charge in [-0.25, -0.2) is 4.90 Å². The van der Waals surface area contributed by atoms with E-state index in [1.165, 1.54) is 96.4 Å². The largest absolute Gasteiger partial charge is 1.00 e. The van der Waals surface area contributed by atoms with Crippen LogP contribution < -0.4 is 17.7 Å². The molecule has 0 bridgehead atoms. The van der Waals surface area contributed by atoms with Crippen LogP contribution in [0.25, 0.3) is 0 Å². The zero-order chi connectivity index (χ0) is 18.0. The van der Waals surface area contributed by atoms with Gasteiger partial charge in [-0.3, -0.25) is 0 Å². The van der Waals surface area contributed by atoms with Gasteiger partial charge in [0.15, 0.2) is 0 Å². The molecule has 0 aromatic rings. The fraction of sp³-hybridized carbons (Fsp3) is 0.909. The SMILES string of the molecule is CCCCCCCC/C=C\CCCCCCCC1[NH2+]CCN1CCO.[Cl-]. The minimum absolute atomic E-state index is 0. The van der Waals surface area contributed by atoms with Crippen molar-refractivity contribution < 1.29 is 22.8 Å². The van der Waals surface area contributed by atoms with Gasteiger partial charge in [-0.1, -0.05) is 70.4 Å². The van der Waals surface area contributed by atoms with Gasteiger partial charge in [0.1, 0.15) is 6.17 Å². The summed E-state index contributed by atoms with van der Waals surface area (Å²) in [7, 11) is 0. The summed E-state index contributed by atoms with van der Waals surface area (Å²) in [6.07, 6.45) is 24.6. The summed E-state index contributed by atoms with van der Waals surface area (Å²) >= 11 is 0. The van der Waals surface area contributed by atoms with Gasteiger partial charge in [-0.15, -0.1) is 0 Å². The molecule has 1 aliphatic heterocycles. The van der Waals surface area contributed by atoms with Crippen LogP contribution in [0.15, 0.2) is 12.2 Å². The Labute approximate surface area is 169 Å². The van der Waals surface area contributed by atoms with E-state index < -0.39 is 0 Å². The molecule has 3 N–H and O–H groups in total. The molecule has 0 radical (unpaired) electrons. The Morgan fingerprint density at radius 3 is 2.08 bits per heavy atom. The molecule has 1 aliphatic rings. The average molecular weight is 389 g/mol. The Kier molecular flexibility index (Phi) is 19.6. The van der Waals surface area contributed by atoms with Crippen LogP contribution in [0.4, 0.5) is 0 Å². The number of unbranched alkanes of at least 4 members (excludes halogenated alkanes) is 11. The first-order chi connectivity index (χ1) is 12.4. The van der Waals surface area contributed by atoms with Crippen molar-refractivity contribution in [3.8, 4) is 0 Å². The summed E-state index contributed by atoms with van der Waals surface area (Å²) in [5, 5.41) is 11.5. The first kappa shape index (κ1) is 25.9. The first-order valence-electron chi connectivity index (χ1n) is 11.2. The molecule has 0 saturated carbocycles. The predicted molar refractivity (Wildman–Crippen MR) is 109 cm³/mol. The lowest BCUT2D eigenvalue weighted by molar-refractivity contribution is -0.680. The number of allylic oxidation sites excluding steroid dienone is 2. The Bertz CT molecular complexity index is 313. The lowest BCUT2D eigenvalue weighted by atomic mass is 10.1. The van der Waals surface area contributed by atoms with Crippen molar-refractivity contribution in [1.29, 1.82) is 0 Å². The molecule has 1 unspecified atom stereocenters. The molecule has 1 fully saturated rings. The van der Waals surface area contributed by atoms with Crippen LogP contribution in [0.5, 0.6) is 0 Å². The molecule has 1 atom stereocenters. The predicted octanol–water partition coefficient (Wildman–Crippen LogP) is 1.23. The molecule has 26 heavy (non-hydrogen) atoms. The third-order valence-corrected chi connectivity index (χ3v) is 5.47. The fourth-order valence-electron chi connectivity index (χ4n) is 3.88. The Hall–Kier alpha value is -0.0900. The molecule has 0 aliphatic carbocycles. The standard InChI is InChI=1S/C22H44N2O.ClH/c1-2-3-4-5-6-7-8-9-10-11-12-13-14-15-16-17-22-23-18-19-24(22)20-21-25;/h9-10,22-23,25H,2-8,11-21H2,1H3;1H/b10-9-;. The van der Waals surface area contributed by atoms with Crippen LogP contribution in [0.3, 0.4) is 0 Å². The number of hydrogen-bond donors (Lipinski definition) is 2. The lowest BCUT2D eigenvalue weighted by Crippen LogP contribution is -3.00. The molecule has 1 heterocycles.